The number of hydrogen-bond donors (Lipinski definition) is 2. The zero-order chi connectivity index (χ0) is 16.3. The molecule has 0 radical (unpaired) electrons. The molecule has 0 heterocycles. The Labute approximate surface area is 123 Å². The fourth-order valence-corrected chi connectivity index (χ4v) is 1.89. The first-order chi connectivity index (χ1) is 10.4. The van der Waals surface area contributed by atoms with Crippen LogP contribution in [0.3, 0.4) is 0 Å². The number of anilines is 1. The molecule has 0 bridgehead atoms. The summed E-state index contributed by atoms with van der Waals surface area (Å²) < 4.78 is 39.4. The van der Waals surface area contributed by atoms with E-state index in [1.165, 1.54) is 24.3 Å². The lowest BCUT2D eigenvalue weighted by Crippen LogP contribution is -2.16. The topological polar surface area (TPSA) is 75.4 Å². The van der Waals surface area contributed by atoms with Crippen LogP contribution in [0.5, 0.6) is 0 Å². The van der Waals surface area contributed by atoms with Gasteiger partial charge in [0.1, 0.15) is 0 Å². The summed E-state index contributed by atoms with van der Waals surface area (Å²) in [5.74, 6) is -4.31. The lowest BCUT2D eigenvalue weighted by Gasteiger charge is -2.18. The summed E-state index contributed by atoms with van der Waals surface area (Å²) in [4.78, 5) is 9.97. The molecule has 22 heavy (non-hydrogen) atoms. The molecule has 0 aliphatic rings. The van der Waals surface area contributed by atoms with Gasteiger partial charge < -0.3 is 10.4 Å². The zero-order valence-electron chi connectivity index (χ0n) is 11.1. The zero-order valence-corrected chi connectivity index (χ0v) is 11.1. The van der Waals surface area contributed by atoms with Gasteiger partial charge in [-0.25, -0.2) is 13.2 Å². The quantitative estimate of drug-likeness (QED) is 0.505. The molecule has 2 aromatic rings. The Morgan fingerprint density at radius 1 is 1.14 bits per heavy atom. The molecular formula is C14H11F3N2O3. The van der Waals surface area contributed by atoms with Gasteiger partial charge in [-0.15, -0.1) is 0 Å². The number of benzene rings is 2. The van der Waals surface area contributed by atoms with E-state index in [0.29, 0.717) is 5.69 Å². The molecule has 5 nitrogen and oxygen atoms in total. The van der Waals surface area contributed by atoms with Crippen molar-refractivity contribution < 1.29 is 23.2 Å². The Morgan fingerprint density at radius 3 is 2.14 bits per heavy atom. The molecule has 0 saturated carbocycles. The van der Waals surface area contributed by atoms with E-state index in [4.69, 9.17) is 0 Å². The third-order valence-electron chi connectivity index (χ3n) is 3.01. The van der Waals surface area contributed by atoms with E-state index < -0.39 is 35.0 Å². The van der Waals surface area contributed by atoms with Crippen molar-refractivity contribution in [3.05, 3.63) is 69.5 Å². The molecular weight excluding hydrogens is 301 g/mol. The van der Waals surface area contributed by atoms with Gasteiger partial charge in [-0.1, -0.05) is 0 Å². The van der Waals surface area contributed by atoms with E-state index in [0.717, 1.165) is 12.1 Å². The van der Waals surface area contributed by atoms with E-state index in [-0.39, 0.29) is 11.3 Å². The van der Waals surface area contributed by atoms with Crippen LogP contribution < -0.4 is 5.32 Å². The minimum absolute atomic E-state index is 0.0113. The van der Waals surface area contributed by atoms with Crippen molar-refractivity contribution in [3.63, 3.8) is 0 Å². The van der Waals surface area contributed by atoms with Gasteiger partial charge in [-0.3, -0.25) is 10.1 Å². The molecule has 0 fully saturated rings. The minimum atomic E-state index is -1.59. The van der Waals surface area contributed by atoms with Crippen molar-refractivity contribution >= 4 is 11.4 Å². The molecule has 0 spiro atoms. The fraction of sp³-hybridized carbons (Fsp3) is 0.143. The second-order valence-corrected chi connectivity index (χ2v) is 4.48. The highest BCUT2D eigenvalue weighted by Gasteiger charge is 2.17. The van der Waals surface area contributed by atoms with Crippen LogP contribution in [0.15, 0.2) is 36.4 Å². The predicted octanol–water partition coefficient (Wildman–Crippen LogP) is 3.16. The summed E-state index contributed by atoms with van der Waals surface area (Å²) in [5, 5.41) is 22.6. The average Bonchev–Trinajstić information content (AvgIpc) is 2.50. The SMILES string of the molecule is O=[N+]([O-])c1ccc(NC(CO)c2cc(F)c(F)c(F)c2)cc1. The van der Waals surface area contributed by atoms with Gasteiger partial charge in [0.15, 0.2) is 17.5 Å². The number of nitro groups is 1. The molecule has 0 aromatic heterocycles. The smallest absolute Gasteiger partial charge is 0.269 e. The Bertz CT molecular complexity index is 669. The maximum absolute atomic E-state index is 13.2. The number of aliphatic hydroxyl groups is 1. The molecule has 0 aliphatic carbocycles. The summed E-state index contributed by atoms with van der Waals surface area (Å²) in [6, 6.07) is 5.90. The summed E-state index contributed by atoms with van der Waals surface area (Å²) in [5.41, 5.74) is 0.289. The number of hydrogen-bond acceptors (Lipinski definition) is 4. The number of nitro benzene ring substituents is 1. The summed E-state index contributed by atoms with van der Waals surface area (Å²) in [6.45, 7) is -0.512. The molecule has 1 unspecified atom stereocenters. The number of nitrogens with one attached hydrogen (secondary N) is 1. The normalized spacial score (nSPS) is 12.0. The molecule has 1 atom stereocenters. The molecule has 0 saturated heterocycles. The van der Waals surface area contributed by atoms with Crippen molar-refractivity contribution in [1.82, 2.24) is 0 Å². The summed E-state index contributed by atoms with van der Waals surface area (Å²) in [6.07, 6.45) is 0. The fourth-order valence-electron chi connectivity index (χ4n) is 1.89. The first-order valence-corrected chi connectivity index (χ1v) is 6.18. The minimum Gasteiger partial charge on any atom is -0.394 e. The van der Waals surface area contributed by atoms with E-state index in [9.17, 15) is 28.4 Å². The van der Waals surface area contributed by atoms with E-state index in [2.05, 4.69) is 5.32 Å². The molecule has 116 valence electrons. The highest BCUT2D eigenvalue weighted by molar-refractivity contribution is 5.50. The Morgan fingerprint density at radius 2 is 1.68 bits per heavy atom. The standard InChI is InChI=1S/C14H11F3N2O3/c15-11-5-8(6-12(16)14(11)17)13(7-20)18-9-1-3-10(4-2-9)19(21)22/h1-6,13,18,20H,7H2. The number of rotatable bonds is 5. The Hall–Kier alpha value is -2.61. The summed E-state index contributed by atoms with van der Waals surface area (Å²) >= 11 is 0. The van der Waals surface area contributed by atoms with Gasteiger partial charge in [0.05, 0.1) is 17.6 Å². The molecule has 8 heteroatoms. The van der Waals surface area contributed by atoms with E-state index in [1.54, 1.807) is 0 Å². The van der Waals surface area contributed by atoms with Gasteiger partial charge >= 0.3 is 0 Å². The third kappa shape index (κ3) is 3.34. The van der Waals surface area contributed by atoms with Gasteiger partial charge in [0.2, 0.25) is 0 Å². The molecule has 2 aromatic carbocycles. The van der Waals surface area contributed by atoms with Crippen LogP contribution in [0, 0.1) is 27.6 Å². The van der Waals surface area contributed by atoms with Gasteiger partial charge in [-0.05, 0) is 29.8 Å². The Balaban J connectivity index is 2.23. The van der Waals surface area contributed by atoms with Gasteiger partial charge in [0, 0.05) is 17.8 Å². The highest BCUT2D eigenvalue weighted by atomic mass is 19.2. The van der Waals surface area contributed by atoms with E-state index in [1.807, 2.05) is 0 Å². The lowest BCUT2D eigenvalue weighted by atomic mass is 10.1. The number of halogens is 3. The molecule has 2 N–H and O–H groups in total. The lowest BCUT2D eigenvalue weighted by molar-refractivity contribution is -0.384. The van der Waals surface area contributed by atoms with Crippen LogP contribution in [0.4, 0.5) is 24.5 Å². The van der Waals surface area contributed by atoms with Crippen LogP contribution in [0.1, 0.15) is 11.6 Å². The van der Waals surface area contributed by atoms with Crippen LogP contribution in [-0.2, 0) is 0 Å². The van der Waals surface area contributed by atoms with Crippen molar-refractivity contribution in [2.45, 2.75) is 6.04 Å². The molecule has 2 rings (SSSR count). The maximum atomic E-state index is 13.2. The highest BCUT2D eigenvalue weighted by Crippen LogP contribution is 2.24. The Kier molecular flexibility index (Phi) is 4.62. The number of aliphatic hydroxyl groups excluding tert-OH is 1. The van der Waals surface area contributed by atoms with Crippen molar-refractivity contribution in [1.29, 1.82) is 0 Å². The van der Waals surface area contributed by atoms with Crippen LogP contribution in [0.25, 0.3) is 0 Å². The van der Waals surface area contributed by atoms with Crippen LogP contribution >= 0.6 is 0 Å². The second-order valence-electron chi connectivity index (χ2n) is 4.48. The average molecular weight is 312 g/mol. The van der Waals surface area contributed by atoms with Crippen molar-refractivity contribution in [3.8, 4) is 0 Å². The molecule has 0 amide bonds. The monoisotopic (exact) mass is 312 g/mol. The maximum Gasteiger partial charge on any atom is 0.269 e. The first-order valence-electron chi connectivity index (χ1n) is 6.18. The first kappa shape index (κ1) is 15.8. The predicted molar refractivity (Wildman–Crippen MR) is 72.9 cm³/mol. The molecule has 0 aliphatic heterocycles. The third-order valence-corrected chi connectivity index (χ3v) is 3.01. The number of nitrogens with zero attached hydrogens (tertiary/aromatic N) is 1. The number of non-ortho nitro benzene ring substituents is 1. The second kappa shape index (κ2) is 6.44. The van der Waals surface area contributed by atoms with Crippen LogP contribution in [0.2, 0.25) is 0 Å². The van der Waals surface area contributed by atoms with Crippen molar-refractivity contribution in [2.24, 2.45) is 0 Å². The van der Waals surface area contributed by atoms with Crippen LogP contribution in [-0.4, -0.2) is 16.6 Å². The van der Waals surface area contributed by atoms with Crippen molar-refractivity contribution in [2.75, 3.05) is 11.9 Å². The van der Waals surface area contributed by atoms with E-state index >= 15 is 0 Å². The largest absolute Gasteiger partial charge is 0.394 e. The van der Waals surface area contributed by atoms with Gasteiger partial charge in [0.25, 0.3) is 5.69 Å². The van der Waals surface area contributed by atoms with Gasteiger partial charge in [-0.2, -0.15) is 0 Å². The summed E-state index contributed by atoms with van der Waals surface area (Å²) in [7, 11) is 0.